The van der Waals surface area contributed by atoms with Crippen LogP contribution in [0, 0.1) is 11.7 Å². The molecule has 1 aliphatic rings. The third-order valence-corrected chi connectivity index (χ3v) is 6.57. The molecule has 1 aromatic heterocycles. The fourth-order valence-electron chi connectivity index (χ4n) is 3.08. The molecule has 3 rings (SSSR count). The van der Waals surface area contributed by atoms with Gasteiger partial charge in [0.1, 0.15) is 10.8 Å². The van der Waals surface area contributed by atoms with Crippen LogP contribution >= 0.6 is 23.2 Å². The summed E-state index contributed by atoms with van der Waals surface area (Å²) in [6.45, 7) is 0.656. The summed E-state index contributed by atoms with van der Waals surface area (Å²) in [6, 6.07) is 4.40. The van der Waals surface area contributed by atoms with Crippen LogP contribution in [0.4, 0.5) is 10.2 Å². The maximum absolute atomic E-state index is 13.9. The molecule has 0 unspecified atom stereocenters. The van der Waals surface area contributed by atoms with Gasteiger partial charge in [-0.3, -0.25) is 9.48 Å². The van der Waals surface area contributed by atoms with Crippen LogP contribution in [0.1, 0.15) is 18.4 Å². The molecule has 11 heteroatoms. The third kappa shape index (κ3) is 4.83. The van der Waals surface area contributed by atoms with Crippen molar-refractivity contribution in [2.75, 3.05) is 24.7 Å². The van der Waals surface area contributed by atoms with E-state index >= 15 is 0 Å². The average Bonchev–Trinajstić information content (AvgIpc) is 2.97. The standard InChI is InChI=1S/C17H19Cl2FN4O3S/c1-28(26,27)24-7-5-11(6-8-24)17(25)21-16-14(19)10-23(22-16)9-12-13(18)3-2-4-15(12)20/h2-4,10-11H,5-9H2,1H3,(H,21,22,25). The Balaban J connectivity index is 1.65. The molecule has 1 amide bonds. The Kier molecular flexibility index (Phi) is 6.28. The first-order chi connectivity index (χ1) is 13.1. The number of rotatable bonds is 5. The van der Waals surface area contributed by atoms with Gasteiger partial charge in [0, 0.05) is 35.8 Å². The molecule has 0 radical (unpaired) electrons. The third-order valence-electron chi connectivity index (χ3n) is 4.63. The van der Waals surface area contributed by atoms with Crippen molar-refractivity contribution in [1.29, 1.82) is 0 Å². The lowest BCUT2D eigenvalue weighted by molar-refractivity contribution is -0.120. The predicted molar refractivity (Wildman–Crippen MR) is 106 cm³/mol. The number of hydrogen-bond acceptors (Lipinski definition) is 4. The number of piperidine rings is 1. The number of carbonyl (C=O) groups excluding carboxylic acids is 1. The Morgan fingerprint density at radius 2 is 1.96 bits per heavy atom. The van der Waals surface area contributed by atoms with E-state index in [4.69, 9.17) is 23.2 Å². The largest absolute Gasteiger partial charge is 0.308 e. The summed E-state index contributed by atoms with van der Waals surface area (Å²) in [5.41, 5.74) is 0.273. The number of nitrogens with zero attached hydrogens (tertiary/aromatic N) is 3. The van der Waals surface area contributed by atoms with Crippen molar-refractivity contribution in [3.63, 3.8) is 0 Å². The number of halogens is 3. The van der Waals surface area contributed by atoms with E-state index < -0.39 is 15.8 Å². The minimum atomic E-state index is -3.25. The van der Waals surface area contributed by atoms with Gasteiger partial charge in [0.25, 0.3) is 0 Å². The van der Waals surface area contributed by atoms with Crippen LogP contribution < -0.4 is 5.32 Å². The second-order valence-corrected chi connectivity index (χ2v) is 9.45. The zero-order valence-electron chi connectivity index (χ0n) is 15.0. The zero-order valence-corrected chi connectivity index (χ0v) is 17.4. The molecule has 28 heavy (non-hydrogen) atoms. The second kappa shape index (κ2) is 8.36. The maximum Gasteiger partial charge on any atom is 0.228 e. The number of hydrogen-bond donors (Lipinski definition) is 1. The van der Waals surface area contributed by atoms with E-state index in [1.54, 1.807) is 6.07 Å². The molecule has 0 saturated carbocycles. The fraction of sp³-hybridized carbons (Fsp3) is 0.412. The molecule has 0 aliphatic carbocycles. The van der Waals surface area contributed by atoms with Crippen LogP contribution in [-0.4, -0.2) is 47.8 Å². The molecule has 1 aromatic carbocycles. The lowest BCUT2D eigenvalue weighted by Crippen LogP contribution is -2.40. The molecule has 1 aliphatic heterocycles. The number of amides is 1. The molecule has 152 valence electrons. The second-order valence-electron chi connectivity index (χ2n) is 6.65. The summed E-state index contributed by atoms with van der Waals surface area (Å²) < 4.78 is 39.8. The predicted octanol–water partition coefficient (Wildman–Crippen LogP) is 2.99. The van der Waals surface area contributed by atoms with Gasteiger partial charge in [0.15, 0.2) is 5.82 Å². The molecule has 0 bridgehead atoms. The SMILES string of the molecule is CS(=O)(=O)N1CCC(C(=O)Nc2nn(Cc3c(F)cccc3Cl)cc2Cl)CC1. The molecule has 0 atom stereocenters. The normalized spacial score (nSPS) is 16.3. The lowest BCUT2D eigenvalue weighted by Gasteiger charge is -2.29. The Hall–Kier alpha value is -1.68. The number of nitrogens with one attached hydrogen (secondary N) is 1. The van der Waals surface area contributed by atoms with E-state index in [0.717, 1.165) is 6.26 Å². The van der Waals surface area contributed by atoms with Gasteiger partial charge in [-0.05, 0) is 25.0 Å². The fourth-order valence-corrected chi connectivity index (χ4v) is 4.37. The Morgan fingerprint density at radius 3 is 2.57 bits per heavy atom. The Labute approximate surface area is 172 Å². The van der Waals surface area contributed by atoms with Crippen molar-refractivity contribution in [3.8, 4) is 0 Å². The quantitative estimate of drug-likeness (QED) is 0.761. The summed E-state index contributed by atoms with van der Waals surface area (Å²) in [6.07, 6.45) is 3.47. The summed E-state index contributed by atoms with van der Waals surface area (Å²) >= 11 is 12.2. The van der Waals surface area contributed by atoms with Gasteiger partial charge in [0.2, 0.25) is 15.9 Å². The number of aromatic nitrogens is 2. The summed E-state index contributed by atoms with van der Waals surface area (Å²) in [5.74, 6) is -0.892. The van der Waals surface area contributed by atoms with Crippen molar-refractivity contribution in [2.45, 2.75) is 19.4 Å². The van der Waals surface area contributed by atoms with Gasteiger partial charge >= 0.3 is 0 Å². The van der Waals surface area contributed by atoms with E-state index in [9.17, 15) is 17.6 Å². The van der Waals surface area contributed by atoms with Crippen LogP contribution in [-0.2, 0) is 21.4 Å². The van der Waals surface area contributed by atoms with Gasteiger partial charge in [0.05, 0.1) is 12.8 Å². The zero-order chi connectivity index (χ0) is 20.5. The topological polar surface area (TPSA) is 84.3 Å². The highest BCUT2D eigenvalue weighted by molar-refractivity contribution is 7.88. The van der Waals surface area contributed by atoms with Gasteiger partial charge in [-0.25, -0.2) is 17.1 Å². The number of carbonyl (C=O) groups is 1. The average molecular weight is 449 g/mol. The summed E-state index contributed by atoms with van der Waals surface area (Å²) in [4.78, 5) is 12.5. The van der Waals surface area contributed by atoms with Crippen molar-refractivity contribution in [3.05, 3.63) is 45.8 Å². The van der Waals surface area contributed by atoms with Gasteiger partial charge in [-0.1, -0.05) is 29.3 Å². The Morgan fingerprint density at radius 1 is 1.29 bits per heavy atom. The van der Waals surface area contributed by atoms with Gasteiger partial charge in [-0.2, -0.15) is 5.10 Å². The van der Waals surface area contributed by atoms with Crippen LogP contribution in [0.2, 0.25) is 10.0 Å². The van der Waals surface area contributed by atoms with Crippen molar-refractivity contribution < 1.29 is 17.6 Å². The Bertz CT molecular complexity index is 968. The molecular weight excluding hydrogens is 430 g/mol. The van der Waals surface area contributed by atoms with Gasteiger partial charge in [-0.15, -0.1) is 0 Å². The molecule has 7 nitrogen and oxygen atoms in total. The number of benzene rings is 1. The van der Waals surface area contributed by atoms with E-state index in [1.165, 1.54) is 27.3 Å². The van der Waals surface area contributed by atoms with Crippen LogP contribution in [0.15, 0.2) is 24.4 Å². The highest BCUT2D eigenvalue weighted by atomic mass is 35.5. The molecule has 2 heterocycles. The molecule has 1 fully saturated rings. The van der Waals surface area contributed by atoms with E-state index in [-0.39, 0.29) is 39.8 Å². The number of sulfonamides is 1. The minimum absolute atomic E-state index is 0.0633. The van der Waals surface area contributed by atoms with Gasteiger partial charge < -0.3 is 5.32 Å². The summed E-state index contributed by atoms with van der Waals surface area (Å²) in [5, 5.41) is 7.36. The number of anilines is 1. The first kappa shape index (κ1) is 21.0. The van der Waals surface area contributed by atoms with Crippen molar-refractivity contribution in [2.24, 2.45) is 5.92 Å². The monoisotopic (exact) mass is 448 g/mol. The highest BCUT2D eigenvalue weighted by Crippen LogP contribution is 2.26. The van der Waals surface area contributed by atoms with E-state index in [1.807, 2.05) is 0 Å². The molecule has 1 saturated heterocycles. The molecular formula is C17H19Cl2FN4O3S. The first-order valence-electron chi connectivity index (χ1n) is 8.57. The van der Waals surface area contributed by atoms with Crippen LogP contribution in [0.25, 0.3) is 0 Å². The molecule has 1 N–H and O–H groups in total. The van der Waals surface area contributed by atoms with E-state index in [2.05, 4.69) is 10.4 Å². The molecule has 2 aromatic rings. The maximum atomic E-state index is 13.9. The van der Waals surface area contributed by atoms with E-state index in [0.29, 0.717) is 25.9 Å². The molecule has 0 spiro atoms. The lowest BCUT2D eigenvalue weighted by atomic mass is 9.97. The summed E-state index contributed by atoms with van der Waals surface area (Å²) in [7, 11) is -3.25. The first-order valence-corrected chi connectivity index (χ1v) is 11.2. The smallest absolute Gasteiger partial charge is 0.228 e. The van der Waals surface area contributed by atoms with Crippen LogP contribution in [0.5, 0.6) is 0 Å². The minimum Gasteiger partial charge on any atom is -0.308 e. The highest BCUT2D eigenvalue weighted by Gasteiger charge is 2.29. The van der Waals surface area contributed by atoms with Crippen molar-refractivity contribution in [1.82, 2.24) is 14.1 Å². The van der Waals surface area contributed by atoms with Crippen molar-refractivity contribution >= 4 is 45.0 Å². The van der Waals surface area contributed by atoms with Crippen LogP contribution in [0.3, 0.4) is 0 Å².